The lowest BCUT2D eigenvalue weighted by molar-refractivity contribution is 0.626. The highest BCUT2D eigenvalue weighted by atomic mass is 35.5. The van der Waals surface area contributed by atoms with E-state index in [-0.39, 0.29) is 10.8 Å². The molecule has 0 saturated carbocycles. The summed E-state index contributed by atoms with van der Waals surface area (Å²) < 4.78 is 26.6. The van der Waals surface area contributed by atoms with Crippen LogP contribution in [-0.2, 0) is 6.54 Å². The van der Waals surface area contributed by atoms with Crippen molar-refractivity contribution in [2.75, 3.05) is 6.54 Å². The fourth-order valence-corrected chi connectivity index (χ4v) is 2.08. The Morgan fingerprint density at radius 2 is 1.89 bits per heavy atom. The Morgan fingerprint density at radius 1 is 1.11 bits per heavy atom. The molecule has 4 heteroatoms. The van der Waals surface area contributed by atoms with Gasteiger partial charge in [0, 0.05) is 6.54 Å². The molecule has 1 nitrogen and oxygen atoms in total. The smallest absolute Gasteiger partial charge is 0.141 e. The maximum Gasteiger partial charge on any atom is 0.141 e. The highest BCUT2D eigenvalue weighted by Gasteiger charge is 2.09. The molecule has 0 heterocycles. The third-order valence-corrected chi connectivity index (χ3v) is 3.16. The van der Waals surface area contributed by atoms with Crippen molar-refractivity contribution in [1.29, 1.82) is 0 Å². The van der Waals surface area contributed by atoms with Crippen molar-refractivity contribution < 1.29 is 8.78 Å². The lowest BCUT2D eigenvalue weighted by Gasteiger charge is -2.11. The molecular formula is C15H14ClF2N. The van der Waals surface area contributed by atoms with Crippen LogP contribution in [0.25, 0.3) is 11.1 Å². The third-order valence-electron chi connectivity index (χ3n) is 2.87. The van der Waals surface area contributed by atoms with Crippen LogP contribution in [-0.4, -0.2) is 6.54 Å². The SMILES string of the molecule is CCNCc1ccc(F)cc1-c1ccc(F)c(Cl)c1. The van der Waals surface area contributed by atoms with E-state index in [0.717, 1.165) is 17.7 Å². The monoisotopic (exact) mass is 281 g/mol. The van der Waals surface area contributed by atoms with Gasteiger partial charge in [0.25, 0.3) is 0 Å². The Morgan fingerprint density at radius 3 is 2.58 bits per heavy atom. The van der Waals surface area contributed by atoms with Crippen LogP contribution in [0.3, 0.4) is 0 Å². The van der Waals surface area contributed by atoms with E-state index in [9.17, 15) is 8.78 Å². The molecule has 19 heavy (non-hydrogen) atoms. The van der Waals surface area contributed by atoms with E-state index >= 15 is 0 Å². The van der Waals surface area contributed by atoms with Gasteiger partial charge in [-0.15, -0.1) is 0 Å². The molecule has 0 saturated heterocycles. The Bertz CT molecular complexity index is 584. The average Bonchev–Trinajstić information content (AvgIpc) is 2.40. The van der Waals surface area contributed by atoms with Gasteiger partial charge in [0.05, 0.1) is 5.02 Å². The van der Waals surface area contributed by atoms with Gasteiger partial charge in [-0.2, -0.15) is 0 Å². The van der Waals surface area contributed by atoms with E-state index in [1.165, 1.54) is 24.3 Å². The number of hydrogen-bond acceptors (Lipinski definition) is 1. The van der Waals surface area contributed by atoms with E-state index in [4.69, 9.17) is 11.6 Å². The first-order valence-corrected chi connectivity index (χ1v) is 6.44. The molecule has 100 valence electrons. The summed E-state index contributed by atoms with van der Waals surface area (Å²) in [5.41, 5.74) is 2.38. The Kier molecular flexibility index (Phi) is 4.51. The standard InChI is InChI=1S/C15H14ClF2N/c1-2-19-9-11-3-5-12(17)8-13(11)10-4-6-15(18)14(16)7-10/h3-8,19H,2,9H2,1H3. The van der Waals surface area contributed by atoms with E-state index in [2.05, 4.69) is 5.32 Å². The third kappa shape index (κ3) is 3.31. The number of halogens is 3. The number of rotatable bonds is 4. The van der Waals surface area contributed by atoms with Gasteiger partial charge in [0.15, 0.2) is 0 Å². The minimum Gasteiger partial charge on any atom is -0.313 e. The molecule has 1 N–H and O–H groups in total. The summed E-state index contributed by atoms with van der Waals surface area (Å²) in [6.07, 6.45) is 0. The Labute approximate surface area is 116 Å². The normalized spacial score (nSPS) is 10.7. The summed E-state index contributed by atoms with van der Waals surface area (Å²) in [5.74, 6) is -0.800. The van der Waals surface area contributed by atoms with Gasteiger partial charge in [0.1, 0.15) is 11.6 Å². The van der Waals surface area contributed by atoms with Crippen molar-refractivity contribution in [3.05, 3.63) is 58.6 Å². The van der Waals surface area contributed by atoms with E-state index < -0.39 is 5.82 Å². The molecule has 0 aliphatic rings. The lowest BCUT2D eigenvalue weighted by Crippen LogP contribution is -2.12. The van der Waals surface area contributed by atoms with Crippen molar-refractivity contribution in [2.45, 2.75) is 13.5 Å². The molecule has 0 aromatic heterocycles. The maximum atomic E-state index is 13.4. The van der Waals surface area contributed by atoms with Crippen molar-refractivity contribution in [3.63, 3.8) is 0 Å². The maximum absolute atomic E-state index is 13.4. The van der Waals surface area contributed by atoms with Crippen LogP contribution in [0, 0.1) is 11.6 Å². The van der Waals surface area contributed by atoms with Gasteiger partial charge in [-0.3, -0.25) is 0 Å². The van der Waals surface area contributed by atoms with Crippen LogP contribution in [0.1, 0.15) is 12.5 Å². The summed E-state index contributed by atoms with van der Waals surface area (Å²) in [4.78, 5) is 0. The number of hydrogen-bond donors (Lipinski definition) is 1. The summed E-state index contributed by atoms with van der Waals surface area (Å²) in [6, 6.07) is 8.99. The van der Waals surface area contributed by atoms with Crippen LogP contribution >= 0.6 is 11.6 Å². The molecule has 0 aliphatic carbocycles. The Balaban J connectivity index is 2.46. The lowest BCUT2D eigenvalue weighted by atomic mass is 9.99. The molecule has 2 aromatic carbocycles. The molecule has 0 spiro atoms. The highest BCUT2D eigenvalue weighted by Crippen LogP contribution is 2.28. The van der Waals surface area contributed by atoms with Crippen molar-refractivity contribution >= 4 is 11.6 Å². The fraction of sp³-hybridized carbons (Fsp3) is 0.200. The van der Waals surface area contributed by atoms with Crippen molar-refractivity contribution in [2.24, 2.45) is 0 Å². The summed E-state index contributed by atoms with van der Waals surface area (Å²) in [5, 5.41) is 3.23. The summed E-state index contributed by atoms with van der Waals surface area (Å²) in [7, 11) is 0. The molecule has 2 aromatic rings. The minimum absolute atomic E-state index is 0.0381. The van der Waals surface area contributed by atoms with E-state index in [0.29, 0.717) is 12.1 Å². The molecule has 0 radical (unpaired) electrons. The molecule has 0 bridgehead atoms. The Hall–Kier alpha value is -1.45. The zero-order valence-electron chi connectivity index (χ0n) is 10.5. The van der Waals surface area contributed by atoms with Crippen molar-refractivity contribution in [3.8, 4) is 11.1 Å². The fourth-order valence-electron chi connectivity index (χ4n) is 1.89. The first-order valence-electron chi connectivity index (χ1n) is 6.06. The van der Waals surface area contributed by atoms with Gasteiger partial charge in [0.2, 0.25) is 0 Å². The van der Waals surface area contributed by atoms with Crippen LogP contribution in [0.15, 0.2) is 36.4 Å². The molecule has 0 amide bonds. The second-order valence-electron chi connectivity index (χ2n) is 4.21. The van der Waals surface area contributed by atoms with E-state index in [1.54, 1.807) is 12.1 Å². The predicted octanol–water partition coefficient (Wildman–Crippen LogP) is 4.39. The molecule has 0 unspecified atom stereocenters. The van der Waals surface area contributed by atoms with Gasteiger partial charge >= 0.3 is 0 Å². The summed E-state index contributed by atoms with van der Waals surface area (Å²) >= 11 is 5.78. The number of benzene rings is 2. The van der Waals surface area contributed by atoms with Gasteiger partial charge in [-0.25, -0.2) is 8.78 Å². The van der Waals surface area contributed by atoms with Gasteiger partial charge < -0.3 is 5.32 Å². The van der Waals surface area contributed by atoms with Crippen LogP contribution in [0.2, 0.25) is 5.02 Å². The van der Waals surface area contributed by atoms with Crippen molar-refractivity contribution in [1.82, 2.24) is 5.32 Å². The second kappa shape index (κ2) is 6.13. The zero-order valence-corrected chi connectivity index (χ0v) is 11.3. The quantitative estimate of drug-likeness (QED) is 0.876. The summed E-state index contributed by atoms with van der Waals surface area (Å²) in [6.45, 7) is 3.44. The predicted molar refractivity (Wildman–Crippen MR) is 74.2 cm³/mol. The first kappa shape index (κ1) is 14.0. The molecule has 0 fully saturated rings. The average molecular weight is 282 g/mol. The zero-order chi connectivity index (χ0) is 13.8. The second-order valence-corrected chi connectivity index (χ2v) is 4.62. The minimum atomic E-state index is -0.477. The van der Waals surface area contributed by atoms with Crippen LogP contribution < -0.4 is 5.32 Å². The van der Waals surface area contributed by atoms with Crippen LogP contribution in [0.4, 0.5) is 8.78 Å². The number of nitrogens with one attached hydrogen (secondary N) is 1. The first-order chi connectivity index (χ1) is 9.11. The highest BCUT2D eigenvalue weighted by molar-refractivity contribution is 6.31. The van der Waals surface area contributed by atoms with Gasteiger partial charge in [-0.1, -0.05) is 30.7 Å². The largest absolute Gasteiger partial charge is 0.313 e. The molecule has 0 aliphatic heterocycles. The van der Waals surface area contributed by atoms with E-state index in [1.807, 2.05) is 6.92 Å². The topological polar surface area (TPSA) is 12.0 Å². The molecule has 0 atom stereocenters. The molecule has 2 rings (SSSR count). The molecular weight excluding hydrogens is 268 g/mol. The van der Waals surface area contributed by atoms with Gasteiger partial charge in [-0.05, 0) is 47.5 Å². The van der Waals surface area contributed by atoms with Crippen LogP contribution in [0.5, 0.6) is 0 Å².